The molecule has 17 heteroatoms. The summed E-state index contributed by atoms with van der Waals surface area (Å²) in [5, 5.41) is 13.1. The lowest BCUT2D eigenvalue weighted by Crippen LogP contribution is -2.68. The van der Waals surface area contributed by atoms with Crippen LogP contribution in [0.2, 0.25) is 0 Å². The molecule has 0 aliphatic carbocycles. The predicted octanol–water partition coefficient (Wildman–Crippen LogP) is 5.03. The zero-order chi connectivity index (χ0) is 34.1. The summed E-state index contributed by atoms with van der Waals surface area (Å²) in [4.78, 5) is 32.8. The number of carbonyl (C=O) groups is 1. The van der Waals surface area contributed by atoms with E-state index in [4.69, 9.17) is 23.4 Å². The zero-order valence-electron chi connectivity index (χ0n) is 26.1. The van der Waals surface area contributed by atoms with E-state index in [-0.39, 0.29) is 41.8 Å². The van der Waals surface area contributed by atoms with Gasteiger partial charge in [0, 0.05) is 30.1 Å². The summed E-state index contributed by atoms with van der Waals surface area (Å²) in [5.74, 6) is -2.22. The van der Waals surface area contributed by atoms with Crippen molar-refractivity contribution in [3.05, 3.63) is 47.7 Å². The molecule has 3 aliphatic heterocycles. The van der Waals surface area contributed by atoms with Gasteiger partial charge in [-0.05, 0) is 25.1 Å². The van der Waals surface area contributed by atoms with Crippen LogP contribution in [-0.2, 0) is 20.4 Å². The number of morpholine rings is 1. The molecule has 7 heterocycles. The van der Waals surface area contributed by atoms with Crippen molar-refractivity contribution >= 4 is 50.9 Å². The molecule has 3 saturated heterocycles. The van der Waals surface area contributed by atoms with Crippen LogP contribution in [-0.4, -0.2) is 94.8 Å². The number of carboxylic acids is 1. The molecule has 1 N–H and O–H groups in total. The highest BCUT2D eigenvalue weighted by Gasteiger charge is 2.50. The maximum absolute atomic E-state index is 14.1. The molecule has 0 saturated carbocycles. The smallest absolute Gasteiger partial charge is 0.451 e. The number of hydrogen-bond donors (Lipinski definition) is 1. The molecule has 8 rings (SSSR count). The monoisotopic (exact) mass is 698 g/mol. The third-order valence-electron chi connectivity index (χ3n) is 9.28. The number of furan rings is 1. The molecule has 0 amide bonds. The standard InChI is InChI=1S/C32H29F3N6O7S/c1-16-31(14-45-15-31)46-8-7-40(16)20-9-17(28-37-23(44-2)13-49-28)11-36-27(20)47-18-10-21(29(42)43)41(12-18)26-25-24(38-30(39-26)32(33,34)35)19-5-3-4-6-22(19)48-25/h3-6,9,11,13,16,18,21H,7-8,10,12,14-15H2,1-2H3,(H,42,43)/t16-,18-,21-/m0/s1. The van der Waals surface area contributed by atoms with Gasteiger partial charge in [-0.25, -0.2) is 24.7 Å². The number of halogens is 3. The number of aliphatic carboxylic acids is 1. The van der Waals surface area contributed by atoms with Gasteiger partial charge in [0.25, 0.3) is 0 Å². The molecular weight excluding hydrogens is 669 g/mol. The van der Waals surface area contributed by atoms with E-state index < -0.39 is 35.7 Å². The Bertz CT molecular complexity index is 2070. The summed E-state index contributed by atoms with van der Waals surface area (Å²) in [6.07, 6.45) is -4.14. The van der Waals surface area contributed by atoms with Gasteiger partial charge in [0.15, 0.2) is 11.4 Å². The van der Waals surface area contributed by atoms with Gasteiger partial charge >= 0.3 is 12.1 Å². The first-order chi connectivity index (χ1) is 23.5. The van der Waals surface area contributed by atoms with Crippen molar-refractivity contribution in [3.63, 3.8) is 0 Å². The van der Waals surface area contributed by atoms with Crippen LogP contribution in [0.3, 0.4) is 0 Å². The topological polar surface area (TPSA) is 145 Å². The largest absolute Gasteiger partial charge is 0.480 e. The summed E-state index contributed by atoms with van der Waals surface area (Å²) < 4.78 is 71.5. The number of hydrogen-bond acceptors (Lipinski definition) is 13. The molecule has 5 aromatic rings. The minimum absolute atomic E-state index is 0.0432. The van der Waals surface area contributed by atoms with E-state index in [0.717, 1.165) is 5.56 Å². The number of anilines is 2. The van der Waals surface area contributed by atoms with Crippen LogP contribution < -0.4 is 19.3 Å². The van der Waals surface area contributed by atoms with E-state index in [1.165, 1.54) is 23.3 Å². The number of benzene rings is 1. The van der Waals surface area contributed by atoms with Crippen LogP contribution in [0.1, 0.15) is 19.2 Å². The van der Waals surface area contributed by atoms with E-state index in [1.807, 2.05) is 13.0 Å². The van der Waals surface area contributed by atoms with Gasteiger partial charge in [-0.15, -0.1) is 11.3 Å². The highest BCUT2D eigenvalue weighted by Crippen LogP contribution is 2.43. The second-order valence-electron chi connectivity index (χ2n) is 12.1. The second-order valence-corrected chi connectivity index (χ2v) is 13.0. The van der Waals surface area contributed by atoms with Crippen LogP contribution >= 0.6 is 11.3 Å². The van der Waals surface area contributed by atoms with Gasteiger partial charge in [0.2, 0.25) is 17.6 Å². The number of alkyl halides is 3. The van der Waals surface area contributed by atoms with Gasteiger partial charge in [0.1, 0.15) is 39.5 Å². The van der Waals surface area contributed by atoms with E-state index >= 15 is 0 Å². The lowest BCUT2D eigenvalue weighted by atomic mass is 9.90. The van der Waals surface area contributed by atoms with Crippen LogP contribution in [0, 0.1) is 0 Å². The van der Waals surface area contributed by atoms with Crippen molar-refractivity contribution in [2.45, 2.75) is 43.3 Å². The van der Waals surface area contributed by atoms with Crippen molar-refractivity contribution in [2.75, 3.05) is 49.8 Å². The van der Waals surface area contributed by atoms with Crippen molar-refractivity contribution < 1.29 is 46.4 Å². The zero-order valence-corrected chi connectivity index (χ0v) is 27.0. The fraction of sp³-hybridized carbons (Fsp3) is 0.406. The molecule has 1 aromatic carbocycles. The molecule has 256 valence electrons. The average molecular weight is 699 g/mol. The maximum Gasteiger partial charge on any atom is 0.451 e. The molecule has 3 atom stereocenters. The van der Waals surface area contributed by atoms with Crippen molar-refractivity contribution in [2.24, 2.45) is 0 Å². The van der Waals surface area contributed by atoms with Crippen LogP contribution in [0.15, 0.2) is 46.3 Å². The lowest BCUT2D eigenvalue weighted by Gasteiger charge is -2.53. The fourth-order valence-corrected chi connectivity index (χ4v) is 7.40. The molecule has 49 heavy (non-hydrogen) atoms. The van der Waals surface area contributed by atoms with Gasteiger partial charge in [-0.2, -0.15) is 13.2 Å². The Hall–Kier alpha value is -4.74. The number of ether oxygens (including phenoxy) is 4. The fourth-order valence-electron chi connectivity index (χ4n) is 6.65. The van der Waals surface area contributed by atoms with Gasteiger partial charge in [-0.3, -0.25) is 0 Å². The first kappa shape index (κ1) is 31.5. The normalized spacial score (nSPS) is 22.2. The number of aromatic nitrogens is 4. The number of fused-ring (bicyclic) bond motifs is 3. The lowest BCUT2D eigenvalue weighted by molar-refractivity contribution is -0.228. The molecule has 13 nitrogen and oxygen atoms in total. The molecule has 3 aliphatic rings. The Morgan fingerprint density at radius 3 is 2.69 bits per heavy atom. The first-order valence-electron chi connectivity index (χ1n) is 15.5. The summed E-state index contributed by atoms with van der Waals surface area (Å²) in [7, 11) is 1.54. The summed E-state index contributed by atoms with van der Waals surface area (Å²) in [6, 6.07) is 7.03. The number of carboxylic acid groups (broad SMARTS) is 1. The average Bonchev–Trinajstić information content (AvgIpc) is 3.81. The molecule has 0 bridgehead atoms. The van der Waals surface area contributed by atoms with Crippen LogP contribution in [0.5, 0.6) is 11.8 Å². The number of pyridine rings is 1. The highest BCUT2D eigenvalue weighted by molar-refractivity contribution is 7.13. The third kappa shape index (κ3) is 5.36. The summed E-state index contributed by atoms with van der Waals surface area (Å²) >= 11 is 1.39. The van der Waals surface area contributed by atoms with Crippen molar-refractivity contribution in [3.8, 4) is 22.3 Å². The minimum atomic E-state index is -4.89. The van der Waals surface area contributed by atoms with E-state index in [9.17, 15) is 23.1 Å². The SMILES string of the molecule is COc1csc(-c2cnc(O[C@H]3C[C@@H](C(=O)O)N(c4nc(C(F)(F)F)nc5c4oc4ccccc45)C3)c(N3CCOC4(COC4)[C@@H]3C)c2)n1. The van der Waals surface area contributed by atoms with E-state index in [0.29, 0.717) is 53.9 Å². The first-order valence-corrected chi connectivity index (χ1v) is 16.3. The number of thiazole rings is 1. The van der Waals surface area contributed by atoms with Crippen LogP contribution in [0.4, 0.5) is 24.7 Å². The molecule has 3 fully saturated rings. The van der Waals surface area contributed by atoms with Gasteiger partial charge in [-0.1, -0.05) is 12.1 Å². The number of rotatable bonds is 7. The predicted molar refractivity (Wildman–Crippen MR) is 170 cm³/mol. The summed E-state index contributed by atoms with van der Waals surface area (Å²) in [6.45, 7) is 3.75. The Morgan fingerprint density at radius 2 is 1.98 bits per heavy atom. The van der Waals surface area contributed by atoms with E-state index in [1.54, 1.807) is 35.8 Å². The second kappa shape index (κ2) is 11.7. The van der Waals surface area contributed by atoms with Crippen molar-refractivity contribution in [1.82, 2.24) is 19.9 Å². The molecule has 4 aromatic heterocycles. The van der Waals surface area contributed by atoms with Crippen LogP contribution in [0.25, 0.3) is 32.6 Å². The van der Waals surface area contributed by atoms with Gasteiger partial charge in [0.05, 0.1) is 44.9 Å². The Labute approximate surface area is 280 Å². The van der Waals surface area contributed by atoms with Gasteiger partial charge < -0.3 is 38.3 Å². The Morgan fingerprint density at radius 1 is 1.16 bits per heavy atom. The molecular formula is C32H29F3N6O7S. The maximum atomic E-state index is 14.1. The van der Waals surface area contributed by atoms with Crippen molar-refractivity contribution in [1.29, 1.82) is 0 Å². The number of para-hydroxylation sites is 1. The molecule has 0 unspecified atom stereocenters. The molecule has 1 spiro atoms. The summed E-state index contributed by atoms with van der Waals surface area (Å²) in [5.41, 5.74) is 1.05. The Kier molecular flexibility index (Phi) is 7.53. The Balaban J connectivity index is 1.18. The third-order valence-corrected chi connectivity index (χ3v) is 10.1. The quantitative estimate of drug-likeness (QED) is 0.243. The van der Waals surface area contributed by atoms with E-state index in [2.05, 4.69) is 24.8 Å². The number of methoxy groups -OCH3 is 1. The highest BCUT2D eigenvalue weighted by atomic mass is 32.1. The molecule has 0 radical (unpaired) electrons. The number of nitrogens with zero attached hydrogens (tertiary/aromatic N) is 6. The minimum Gasteiger partial charge on any atom is -0.480 e.